The largest absolute Gasteiger partial charge is 0.337 e. The Morgan fingerprint density at radius 1 is 1.22 bits per heavy atom. The van der Waals surface area contributed by atoms with Crippen LogP contribution in [0.25, 0.3) is 9.88 Å². The first-order chi connectivity index (χ1) is 8.84. The van der Waals surface area contributed by atoms with Crippen molar-refractivity contribution in [2.45, 2.75) is 19.3 Å². The molecule has 2 aromatic heterocycles. The summed E-state index contributed by atoms with van der Waals surface area (Å²) in [6.45, 7) is 1.76. The van der Waals surface area contributed by atoms with Gasteiger partial charge in [-0.2, -0.15) is 0 Å². The van der Waals surface area contributed by atoms with Crippen LogP contribution < -0.4 is 0 Å². The van der Waals surface area contributed by atoms with Gasteiger partial charge in [0.05, 0.1) is 4.88 Å². The lowest BCUT2D eigenvalue weighted by atomic mass is 10.1. The number of hydrogen-bond acceptors (Lipinski definition) is 4. The minimum Gasteiger partial charge on any atom is -0.337 e. The number of carbonyl (C=O) groups is 1. The average molecular weight is 278 g/mol. The molecule has 0 aliphatic carbocycles. The molecule has 18 heavy (non-hydrogen) atoms. The summed E-state index contributed by atoms with van der Waals surface area (Å²) in [4.78, 5) is 19.8. The van der Waals surface area contributed by atoms with Crippen molar-refractivity contribution in [1.29, 1.82) is 0 Å². The van der Waals surface area contributed by atoms with Crippen LogP contribution in [0.2, 0.25) is 0 Å². The molecule has 0 unspecified atom stereocenters. The molecule has 5 heteroatoms. The first-order valence-corrected chi connectivity index (χ1v) is 7.89. The van der Waals surface area contributed by atoms with Gasteiger partial charge in [-0.05, 0) is 30.7 Å². The van der Waals surface area contributed by atoms with Crippen molar-refractivity contribution in [1.82, 2.24) is 9.88 Å². The number of hydrogen-bond donors (Lipinski definition) is 0. The van der Waals surface area contributed by atoms with Crippen molar-refractivity contribution < 1.29 is 4.79 Å². The Morgan fingerprint density at radius 3 is 2.78 bits per heavy atom. The normalized spacial score (nSPS) is 15.9. The molecule has 3 rings (SSSR count). The second-order valence-electron chi connectivity index (χ2n) is 4.37. The van der Waals surface area contributed by atoms with E-state index < -0.39 is 0 Å². The molecule has 1 aliphatic rings. The molecular weight excluding hydrogens is 264 g/mol. The molecule has 0 aromatic carbocycles. The highest BCUT2D eigenvalue weighted by Crippen LogP contribution is 2.28. The van der Waals surface area contributed by atoms with E-state index >= 15 is 0 Å². The van der Waals surface area contributed by atoms with Gasteiger partial charge in [-0.3, -0.25) is 4.79 Å². The van der Waals surface area contributed by atoms with Crippen LogP contribution in [-0.4, -0.2) is 28.9 Å². The van der Waals surface area contributed by atoms with Gasteiger partial charge < -0.3 is 4.90 Å². The third kappa shape index (κ3) is 2.33. The van der Waals surface area contributed by atoms with Crippen molar-refractivity contribution >= 4 is 28.6 Å². The Hall–Kier alpha value is -1.20. The van der Waals surface area contributed by atoms with Gasteiger partial charge in [-0.1, -0.05) is 6.07 Å². The Kier molecular flexibility index (Phi) is 3.43. The molecule has 1 saturated heterocycles. The number of thiophene rings is 1. The number of piperidine rings is 1. The highest BCUT2D eigenvalue weighted by atomic mass is 32.1. The van der Waals surface area contributed by atoms with Gasteiger partial charge in [0.1, 0.15) is 10.7 Å². The molecule has 1 aliphatic heterocycles. The number of rotatable bonds is 2. The Bertz CT molecular complexity index is 527. The second-order valence-corrected chi connectivity index (χ2v) is 6.17. The lowest BCUT2D eigenvalue weighted by molar-refractivity contribution is 0.0719. The summed E-state index contributed by atoms with van der Waals surface area (Å²) in [5, 5.41) is 4.86. The fourth-order valence-corrected chi connectivity index (χ4v) is 3.75. The Labute approximate surface area is 114 Å². The van der Waals surface area contributed by atoms with Gasteiger partial charge >= 0.3 is 0 Å². The lowest BCUT2D eigenvalue weighted by Crippen LogP contribution is -2.35. The summed E-state index contributed by atoms with van der Waals surface area (Å²) in [5.74, 6) is 0.0914. The minimum atomic E-state index is 0.0914. The van der Waals surface area contributed by atoms with E-state index in [2.05, 4.69) is 4.98 Å². The van der Waals surface area contributed by atoms with Crippen LogP contribution in [0.15, 0.2) is 22.9 Å². The maximum atomic E-state index is 12.3. The molecule has 1 fully saturated rings. The molecule has 1 amide bonds. The molecule has 0 N–H and O–H groups in total. The van der Waals surface area contributed by atoms with E-state index in [1.807, 2.05) is 27.8 Å². The summed E-state index contributed by atoms with van der Waals surface area (Å²) < 4.78 is 0. The lowest BCUT2D eigenvalue weighted by Gasteiger charge is -2.25. The number of aromatic nitrogens is 1. The van der Waals surface area contributed by atoms with Gasteiger partial charge in [-0.25, -0.2) is 4.98 Å². The number of thiazole rings is 1. The number of amides is 1. The van der Waals surface area contributed by atoms with Gasteiger partial charge in [-0.15, -0.1) is 22.7 Å². The maximum Gasteiger partial charge on any atom is 0.273 e. The smallest absolute Gasteiger partial charge is 0.273 e. The molecule has 0 spiro atoms. The minimum absolute atomic E-state index is 0.0914. The van der Waals surface area contributed by atoms with E-state index in [1.165, 1.54) is 6.42 Å². The highest BCUT2D eigenvalue weighted by molar-refractivity contribution is 7.20. The van der Waals surface area contributed by atoms with Crippen LogP contribution in [0, 0.1) is 0 Å². The van der Waals surface area contributed by atoms with E-state index in [0.29, 0.717) is 5.69 Å². The molecule has 2 aromatic rings. The van der Waals surface area contributed by atoms with Crippen LogP contribution in [0.5, 0.6) is 0 Å². The molecular formula is C13H14N2OS2. The third-order valence-electron chi connectivity index (χ3n) is 3.10. The third-order valence-corrected chi connectivity index (χ3v) is 4.98. The monoisotopic (exact) mass is 278 g/mol. The quantitative estimate of drug-likeness (QED) is 0.842. The molecule has 94 valence electrons. The van der Waals surface area contributed by atoms with Crippen molar-refractivity contribution in [3.63, 3.8) is 0 Å². The molecule has 0 saturated carbocycles. The van der Waals surface area contributed by atoms with E-state index in [4.69, 9.17) is 0 Å². The number of carbonyl (C=O) groups excluding carboxylic acids is 1. The standard InChI is InChI=1S/C13H14N2OS2/c16-13(15-6-2-1-3-7-15)10-9-18-12(14-10)11-5-4-8-17-11/h4-5,8-9H,1-3,6-7H2. The van der Waals surface area contributed by atoms with Gasteiger partial charge in [0.15, 0.2) is 0 Å². The first kappa shape index (κ1) is 11.9. The van der Waals surface area contributed by atoms with E-state index in [-0.39, 0.29) is 5.91 Å². The predicted molar refractivity (Wildman–Crippen MR) is 75.2 cm³/mol. The summed E-state index contributed by atoms with van der Waals surface area (Å²) >= 11 is 3.21. The molecule has 0 bridgehead atoms. The first-order valence-electron chi connectivity index (χ1n) is 6.13. The summed E-state index contributed by atoms with van der Waals surface area (Å²) in [7, 11) is 0. The van der Waals surface area contributed by atoms with Crippen LogP contribution in [-0.2, 0) is 0 Å². The zero-order valence-electron chi connectivity index (χ0n) is 9.96. The number of likely N-dealkylation sites (tertiary alicyclic amines) is 1. The van der Waals surface area contributed by atoms with Crippen LogP contribution in [0.4, 0.5) is 0 Å². The SMILES string of the molecule is O=C(c1csc(-c2cccs2)n1)N1CCCCC1. The predicted octanol–water partition coefficient (Wildman–Crippen LogP) is 3.50. The van der Waals surface area contributed by atoms with Crippen molar-refractivity contribution in [3.8, 4) is 9.88 Å². The second kappa shape index (κ2) is 5.20. The zero-order valence-corrected chi connectivity index (χ0v) is 11.6. The average Bonchev–Trinajstić information content (AvgIpc) is 3.09. The zero-order chi connectivity index (χ0) is 12.4. The van der Waals surface area contributed by atoms with Crippen molar-refractivity contribution in [3.05, 3.63) is 28.6 Å². The Balaban J connectivity index is 1.78. The van der Waals surface area contributed by atoms with Gasteiger partial charge in [0.2, 0.25) is 0 Å². The summed E-state index contributed by atoms with van der Waals surface area (Å²) in [6, 6.07) is 4.05. The van der Waals surface area contributed by atoms with Crippen LogP contribution >= 0.6 is 22.7 Å². The maximum absolute atomic E-state index is 12.3. The van der Waals surface area contributed by atoms with E-state index in [9.17, 15) is 4.79 Å². The molecule has 3 nitrogen and oxygen atoms in total. The van der Waals surface area contributed by atoms with Crippen LogP contribution in [0.3, 0.4) is 0 Å². The molecule has 0 radical (unpaired) electrons. The van der Waals surface area contributed by atoms with Gasteiger partial charge in [0.25, 0.3) is 5.91 Å². The number of nitrogens with zero attached hydrogens (tertiary/aromatic N) is 2. The van der Waals surface area contributed by atoms with Crippen molar-refractivity contribution in [2.75, 3.05) is 13.1 Å². The Morgan fingerprint density at radius 2 is 2.06 bits per heavy atom. The van der Waals surface area contributed by atoms with Crippen molar-refractivity contribution in [2.24, 2.45) is 0 Å². The fraction of sp³-hybridized carbons (Fsp3) is 0.385. The fourth-order valence-electron chi connectivity index (χ4n) is 2.14. The topological polar surface area (TPSA) is 33.2 Å². The highest BCUT2D eigenvalue weighted by Gasteiger charge is 2.20. The van der Waals surface area contributed by atoms with E-state index in [0.717, 1.165) is 35.8 Å². The van der Waals surface area contributed by atoms with Gasteiger partial charge in [0, 0.05) is 18.5 Å². The van der Waals surface area contributed by atoms with E-state index in [1.54, 1.807) is 22.7 Å². The van der Waals surface area contributed by atoms with Crippen LogP contribution in [0.1, 0.15) is 29.8 Å². The molecule has 3 heterocycles. The summed E-state index contributed by atoms with van der Waals surface area (Å²) in [5.41, 5.74) is 0.602. The summed E-state index contributed by atoms with van der Waals surface area (Å²) in [6.07, 6.45) is 3.47. The molecule has 0 atom stereocenters.